The van der Waals surface area contributed by atoms with Gasteiger partial charge in [0.2, 0.25) is 0 Å². The molecule has 1 rings (SSSR count). The summed E-state index contributed by atoms with van der Waals surface area (Å²) in [5, 5.41) is 0. The monoisotopic (exact) mass is 310 g/mol. The van der Waals surface area contributed by atoms with Crippen molar-refractivity contribution in [3.05, 3.63) is 23.8 Å². The molecule has 3 nitrogen and oxygen atoms in total. The summed E-state index contributed by atoms with van der Waals surface area (Å²) in [5.74, 6) is -0.953. The molecule has 0 radical (unpaired) electrons. The topological polar surface area (TPSA) is 43.4 Å². The third-order valence-corrected chi connectivity index (χ3v) is 3.09. The van der Waals surface area contributed by atoms with Crippen LogP contribution in [0.15, 0.2) is 23.1 Å². The number of rotatable bonds is 3. The molecule has 1 aromatic rings. The van der Waals surface area contributed by atoms with Gasteiger partial charge in [0, 0.05) is 22.3 Å². The smallest absolute Gasteiger partial charge is 0.406 e. The minimum atomic E-state index is -5.07. The average Bonchev–Trinajstić information content (AvgIpc) is 2.13. The van der Waals surface area contributed by atoms with E-state index in [4.69, 9.17) is 10.7 Å². The first-order valence-corrected chi connectivity index (χ1v) is 6.44. The molecular formula is C8H4ClF5O3S. The predicted octanol–water partition coefficient (Wildman–Crippen LogP) is 3.45. The minimum Gasteiger partial charge on any atom is -0.406 e. The molecule has 18 heavy (non-hydrogen) atoms. The molecule has 0 aliphatic heterocycles. The second kappa shape index (κ2) is 4.88. The van der Waals surface area contributed by atoms with E-state index in [2.05, 4.69) is 4.74 Å². The molecule has 10 heteroatoms. The predicted molar refractivity (Wildman–Crippen MR) is 51.1 cm³/mol. The van der Waals surface area contributed by atoms with Crippen molar-refractivity contribution in [2.75, 3.05) is 0 Å². The SMILES string of the molecule is O=S(=O)(Cl)c1cc(OC(F)(F)F)ccc1C(F)F. The highest BCUT2D eigenvalue weighted by molar-refractivity contribution is 8.13. The molecule has 0 atom stereocenters. The zero-order valence-electron chi connectivity index (χ0n) is 8.21. The Kier molecular flexibility index (Phi) is 4.06. The summed E-state index contributed by atoms with van der Waals surface area (Å²) in [5.41, 5.74) is -1.00. The summed E-state index contributed by atoms with van der Waals surface area (Å²) in [7, 11) is 0.241. The van der Waals surface area contributed by atoms with Gasteiger partial charge in [-0.15, -0.1) is 13.2 Å². The molecule has 102 valence electrons. The van der Waals surface area contributed by atoms with Gasteiger partial charge < -0.3 is 4.74 Å². The maximum atomic E-state index is 12.4. The molecule has 0 aliphatic carbocycles. The lowest BCUT2D eigenvalue weighted by Crippen LogP contribution is -2.17. The van der Waals surface area contributed by atoms with Crippen molar-refractivity contribution in [1.82, 2.24) is 0 Å². The number of halogens is 6. The first-order valence-electron chi connectivity index (χ1n) is 4.13. The maximum absolute atomic E-state index is 12.4. The van der Waals surface area contributed by atoms with E-state index >= 15 is 0 Å². The number of ether oxygens (including phenoxy) is 1. The van der Waals surface area contributed by atoms with Gasteiger partial charge in [0.25, 0.3) is 15.5 Å². The second-order valence-electron chi connectivity index (χ2n) is 2.99. The molecule has 0 fully saturated rings. The lowest BCUT2D eigenvalue weighted by Gasteiger charge is -2.11. The van der Waals surface area contributed by atoms with Crippen LogP contribution in [-0.4, -0.2) is 14.8 Å². The van der Waals surface area contributed by atoms with Crippen molar-refractivity contribution in [1.29, 1.82) is 0 Å². The molecule has 0 heterocycles. The highest BCUT2D eigenvalue weighted by atomic mass is 35.7. The van der Waals surface area contributed by atoms with Crippen molar-refractivity contribution in [3.8, 4) is 5.75 Å². The zero-order valence-corrected chi connectivity index (χ0v) is 9.78. The lowest BCUT2D eigenvalue weighted by molar-refractivity contribution is -0.274. The fourth-order valence-corrected chi connectivity index (χ4v) is 2.20. The molecule has 0 bridgehead atoms. The summed E-state index contributed by atoms with van der Waals surface area (Å²) < 4.78 is 85.9. The number of benzene rings is 1. The van der Waals surface area contributed by atoms with Crippen LogP contribution in [0.3, 0.4) is 0 Å². The van der Waals surface area contributed by atoms with Gasteiger partial charge in [-0.05, 0) is 12.1 Å². The van der Waals surface area contributed by atoms with Crippen LogP contribution in [0.5, 0.6) is 5.75 Å². The van der Waals surface area contributed by atoms with Crippen LogP contribution in [0.25, 0.3) is 0 Å². The van der Waals surface area contributed by atoms with Gasteiger partial charge in [0.15, 0.2) is 0 Å². The van der Waals surface area contributed by atoms with Gasteiger partial charge in [-0.3, -0.25) is 0 Å². The van der Waals surface area contributed by atoms with E-state index in [1.54, 1.807) is 0 Å². The van der Waals surface area contributed by atoms with Crippen LogP contribution in [0.2, 0.25) is 0 Å². The maximum Gasteiger partial charge on any atom is 0.573 e. The molecular weight excluding hydrogens is 307 g/mol. The number of hydrogen-bond donors (Lipinski definition) is 0. The Balaban J connectivity index is 3.31. The lowest BCUT2D eigenvalue weighted by atomic mass is 10.2. The Morgan fingerprint density at radius 1 is 1.22 bits per heavy atom. The first-order chi connectivity index (χ1) is 8.00. The Morgan fingerprint density at radius 3 is 2.17 bits per heavy atom. The van der Waals surface area contributed by atoms with Crippen molar-refractivity contribution in [2.45, 2.75) is 17.7 Å². The van der Waals surface area contributed by atoms with Gasteiger partial charge in [-0.2, -0.15) is 0 Å². The fourth-order valence-electron chi connectivity index (χ4n) is 1.10. The first kappa shape index (κ1) is 15.0. The highest BCUT2D eigenvalue weighted by Crippen LogP contribution is 2.33. The minimum absolute atomic E-state index is 0.289. The molecule has 0 saturated carbocycles. The van der Waals surface area contributed by atoms with Crippen molar-refractivity contribution in [3.63, 3.8) is 0 Å². The molecule has 0 spiro atoms. The molecule has 0 aromatic heterocycles. The standard InChI is InChI=1S/C8H4ClF5O3S/c9-18(15,16)6-3-4(17-8(12,13)14)1-2-5(6)7(10)11/h1-3,7H. The Bertz CT molecular complexity index is 540. The number of alkyl halides is 5. The Morgan fingerprint density at radius 2 is 1.78 bits per heavy atom. The average molecular weight is 311 g/mol. The second-order valence-corrected chi connectivity index (χ2v) is 5.52. The summed E-state index contributed by atoms with van der Waals surface area (Å²) in [6.07, 6.45) is -8.27. The molecule has 0 unspecified atom stereocenters. The van der Waals surface area contributed by atoms with E-state index in [1.807, 2.05) is 0 Å². The van der Waals surface area contributed by atoms with E-state index in [0.717, 1.165) is 0 Å². The molecule has 1 aromatic carbocycles. The molecule has 0 amide bonds. The van der Waals surface area contributed by atoms with E-state index in [1.165, 1.54) is 0 Å². The Hall–Kier alpha value is -1.09. The quantitative estimate of drug-likeness (QED) is 0.634. The van der Waals surface area contributed by atoms with Crippen LogP contribution in [-0.2, 0) is 9.05 Å². The zero-order chi connectivity index (χ0) is 14.1. The largest absolute Gasteiger partial charge is 0.573 e. The van der Waals surface area contributed by atoms with Crippen LogP contribution < -0.4 is 4.74 Å². The fraction of sp³-hybridized carbons (Fsp3) is 0.250. The van der Waals surface area contributed by atoms with E-state index in [-0.39, 0.29) is 6.07 Å². The third kappa shape index (κ3) is 3.98. The van der Waals surface area contributed by atoms with Crippen molar-refractivity contribution in [2.24, 2.45) is 0 Å². The van der Waals surface area contributed by atoms with Crippen LogP contribution >= 0.6 is 10.7 Å². The van der Waals surface area contributed by atoms with Gasteiger partial charge in [-0.1, -0.05) is 0 Å². The van der Waals surface area contributed by atoms with E-state index in [9.17, 15) is 30.4 Å². The third-order valence-electron chi connectivity index (χ3n) is 1.72. The van der Waals surface area contributed by atoms with Gasteiger partial charge >= 0.3 is 6.36 Å². The summed E-state index contributed by atoms with van der Waals surface area (Å²) >= 11 is 0. The number of hydrogen-bond acceptors (Lipinski definition) is 3. The summed E-state index contributed by atoms with van der Waals surface area (Å²) in [6.45, 7) is 0. The van der Waals surface area contributed by atoms with Crippen LogP contribution in [0, 0.1) is 0 Å². The molecule has 0 saturated heterocycles. The molecule has 0 aliphatic rings. The van der Waals surface area contributed by atoms with Gasteiger partial charge in [0.1, 0.15) is 5.75 Å². The highest BCUT2D eigenvalue weighted by Gasteiger charge is 2.32. The summed E-state index contributed by atoms with van der Waals surface area (Å²) in [6, 6.07) is 1.36. The van der Waals surface area contributed by atoms with Crippen LogP contribution in [0.1, 0.15) is 12.0 Å². The van der Waals surface area contributed by atoms with Crippen molar-refractivity contribution >= 4 is 19.7 Å². The van der Waals surface area contributed by atoms with Crippen molar-refractivity contribution < 1.29 is 35.1 Å². The summed E-state index contributed by atoms with van der Waals surface area (Å²) in [4.78, 5) is -1.12. The van der Waals surface area contributed by atoms with E-state index in [0.29, 0.717) is 12.1 Å². The van der Waals surface area contributed by atoms with E-state index < -0.39 is 38.0 Å². The molecule has 0 N–H and O–H groups in total. The normalized spacial score (nSPS) is 12.8. The Labute approximate surface area is 103 Å². The van der Waals surface area contributed by atoms with Gasteiger partial charge in [-0.25, -0.2) is 17.2 Å². The van der Waals surface area contributed by atoms with Gasteiger partial charge in [0.05, 0.1) is 4.90 Å². The van der Waals surface area contributed by atoms with Crippen LogP contribution in [0.4, 0.5) is 22.0 Å².